The number of Topliss-reactive ketones (excluding diaryl/α,β-unsaturated/α-hetero) is 1. The Hall–Kier alpha value is -3.00. The van der Waals surface area contributed by atoms with Crippen molar-refractivity contribution < 1.29 is 27.9 Å². The minimum absolute atomic E-state index is 0.0786. The number of rotatable bonds is 6. The summed E-state index contributed by atoms with van der Waals surface area (Å²) in [5.74, 6) is -2.29. The first-order valence-corrected chi connectivity index (χ1v) is 8.67. The lowest BCUT2D eigenvalue weighted by atomic mass is 9.98. The van der Waals surface area contributed by atoms with Crippen molar-refractivity contribution in [1.82, 2.24) is 4.72 Å². The van der Waals surface area contributed by atoms with Gasteiger partial charge in [-0.1, -0.05) is 30.3 Å². The van der Waals surface area contributed by atoms with Crippen LogP contribution in [-0.2, 0) is 21.2 Å². The van der Waals surface area contributed by atoms with E-state index >= 15 is 0 Å². The largest absolute Gasteiger partial charge is 0.478 e. The highest BCUT2D eigenvalue weighted by atomic mass is 32.2. The quantitative estimate of drug-likeness (QED) is 0.755. The van der Waals surface area contributed by atoms with Crippen LogP contribution in [0.3, 0.4) is 0 Å². The van der Waals surface area contributed by atoms with E-state index in [0.29, 0.717) is 5.56 Å². The summed E-state index contributed by atoms with van der Waals surface area (Å²) >= 11 is 0. The number of carbonyl (C=O) groups excluding carboxylic acids is 2. The highest BCUT2D eigenvalue weighted by Gasteiger charge is 2.18. The number of hydrogen-bond donors (Lipinski definition) is 2. The van der Waals surface area contributed by atoms with Gasteiger partial charge in [0, 0.05) is 18.9 Å². The lowest BCUT2D eigenvalue weighted by Gasteiger charge is -2.07. The summed E-state index contributed by atoms with van der Waals surface area (Å²) in [7, 11) is -3.94. The predicted molar refractivity (Wildman–Crippen MR) is 88.9 cm³/mol. The van der Waals surface area contributed by atoms with E-state index in [0.717, 1.165) is 6.92 Å². The summed E-state index contributed by atoms with van der Waals surface area (Å²) in [5.41, 5.74) is 0.522. The molecular weight excluding hydrogens is 346 g/mol. The van der Waals surface area contributed by atoms with Gasteiger partial charge in [-0.15, -0.1) is 0 Å². The van der Waals surface area contributed by atoms with Crippen LogP contribution in [0.4, 0.5) is 0 Å². The SMILES string of the molecule is CC(=O)NS(=O)(=O)c1ccc(CC(=O)c2ccccc2C(=O)O)cc1. The van der Waals surface area contributed by atoms with Crippen molar-refractivity contribution in [3.05, 3.63) is 65.2 Å². The molecule has 2 aromatic carbocycles. The van der Waals surface area contributed by atoms with Crippen molar-refractivity contribution in [2.24, 2.45) is 0 Å². The molecule has 8 heteroatoms. The molecule has 130 valence electrons. The monoisotopic (exact) mass is 361 g/mol. The minimum Gasteiger partial charge on any atom is -0.478 e. The molecule has 1 amide bonds. The number of ketones is 1. The van der Waals surface area contributed by atoms with Crippen molar-refractivity contribution in [3.63, 3.8) is 0 Å². The van der Waals surface area contributed by atoms with Crippen molar-refractivity contribution >= 4 is 27.7 Å². The van der Waals surface area contributed by atoms with E-state index < -0.39 is 27.7 Å². The van der Waals surface area contributed by atoms with Gasteiger partial charge in [0.2, 0.25) is 5.91 Å². The highest BCUT2D eigenvalue weighted by Crippen LogP contribution is 2.15. The van der Waals surface area contributed by atoms with Crippen molar-refractivity contribution in [3.8, 4) is 0 Å². The summed E-state index contributed by atoms with van der Waals surface area (Å²) in [4.78, 5) is 34.3. The lowest BCUT2D eigenvalue weighted by Crippen LogP contribution is -2.28. The van der Waals surface area contributed by atoms with Gasteiger partial charge in [-0.2, -0.15) is 0 Å². The zero-order valence-electron chi connectivity index (χ0n) is 13.2. The van der Waals surface area contributed by atoms with E-state index in [9.17, 15) is 22.8 Å². The van der Waals surface area contributed by atoms with Crippen LogP contribution in [0, 0.1) is 0 Å². The Morgan fingerprint density at radius 2 is 1.52 bits per heavy atom. The van der Waals surface area contributed by atoms with Gasteiger partial charge in [0.25, 0.3) is 10.0 Å². The number of hydrogen-bond acceptors (Lipinski definition) is 5. The van der Waals surface area contributed by atoms with Crippen LogP contribution in [0.1, 0.15) is 33.2 Å². The van der Waals surface area contributed by atoms with E-state index in [1.165, 1.54) is 42.5 Å². The Morgan fingerprint density at radius 3 is 2.04 bits per heavy atom. The van der Waals surface area contributed by atoms with E-state index in [2.05, 4.69) is 0 Å². The second kappa shape index (κ2) is 7.27. The molecule has 0 aromatic heterocycles. The maximum Gasteiger partial charge on any atom is 0.336 e. The number of amides is 1. The van der Waals surface area contributed by atoms with Crippen LogP contribution in [0.15, 0.2) is 53.4 Å². The smallest absolute Gasteiger partial charge is 0.336 e. The fourth-order valence-corrected chi connectivity index (χ4v) is 3.22. The molecule has 25 heavy (non-hydrogen) atoms. The first kappa shape index (κ1) is 18.3. The maximum absolute atomic E-state index is 12.3. The van der Waals surface area contributed by atoms with Crippen LogP contribution >= 0.6 is 0 Å². The molecule has 0 atom stereocenters. The Balaban J connectivity index is 2.21. The third kappa shape index (κ3) is 4.51. The number of nitrogens with one attached hydrogen (secondary N) is 1. The van der Waals surface area contributed by atoms with Crippen LogP contribution in [0.25, 0.3) is 0 Å². The predicted octanol–water partition coefficient (Wildman–Crippen LogP) is 1.64. The molecule has 0 bridgehead atoms. The molecule has 0 radical (unpaired) electrons. The van der Waals surface area contributed by atoms with Gasteiger partial charge in [0.05, 0.1) is 10.5 Å². The molecule has 0 saturated carbocycles. The molecular formula is C17H15NO6S. The third-order valence-corrected chi connectivity index (χ3v) is 4.78. The Labute approximate surface area is 144 Å². The second-order valence-corrected chi connectivity index (χ2v) is 6.94. The molecule has 0 unspecified atom stereocenters. The number of carbonyl (C=O) groups is 3. The van der Waals surface area contributed by atoms with Gasteiger partial charge < -0.3 is 5.11 Å². The van der Waals surface area contributed by atoms with Crippen LogP contribution < -0.4 is 4.72 Å². The average molecular weight is 361 g/mol. The maximum atomic E-state index is 12.3. The first-order chi connectivity index (χ1) is 11.7. The van der Waals surface area contributed by atoms with Gasteiger partial charge in [0.1, 0.15) is 0 Å². The van der Waals surface area contributed by atoms with E-state index in [1.54, 1.807) is 6.07 Å². The molecule has 0 fully saturated rings. The summed E-state index contributed by atoms with van der Waals surface area (Å²) in [6.07, 6.45) is -0.0786. The van der Waals surface area contributed by atoms with E-state index in [4.69, 9.17) is 5.11 Å². The van der Waals surface area contributed by atoms with Crippen LogP contribution in [0.5, 0.6) is 0 Å². The average Bonchev–Trinajstić information content (AvgIpc) is 2.54. The number of carboxylic acids is 1. The fraction of sp³-hybridized carbons (Fsp3) is 0.118. The standard InChI is InChI=1S/C17H15NO6S/c1-11(19)18-25(23,24)13-8-6-12(7-9-13)10-16(20)14-4-2-3-5-15(14)17(21)22/h2-9H,10H2,1H3,(H,18,19)(H,21,22). The van der Waals surface area contributed by atoms with Crippen LogP contribution in [0.2, 0.25) is 0 Å². The van der Waals surface area contributed by atoms with Gasteiger partial charge in [-0.3, -0.25) is 9.59 Å². The molecule has 0 spiro atoms. The van der Waals surface area contributed by atoms with Crippen molar-refractivity contribution in [1.29, 1.82) is 0 Å². The zero-order valence-corrected chi connectivity index (χ0v) is 14.0. The lowest BCUT2D eigenvalue weighted by molar-refractivity contribution is -0.117. The highest BCUT2D eigenvalue weighted by molar-refractivity contribution is 7.90. The molecule has 2 rings (SSSR count). The van der Waals surface area contributed by atoms with E-state index in [1.807, 2.05) is 4.72 Å². The van der Waals surface area contributed by atoms with Crippen molar-refractivity contribution in [2.75, 3.05) is 0 Å². The Bertz CT molecular complexity index is 932. The van der Waals surface area contributed by atoms with Gasteiger partial charge >= 0.3 is 5.97 Å². The fourth-order valence-electron chi connectivity index (χ4n) is 2.23. The Kier molecular flexibility index (Phi) is 5.33. The van der Waals surface area contributed by atoms with Gasteiger partial charge in [-0.05, 0) is 23.8 Å². The first-order valence-electron chi connectivity index (χ1n) is 7.18. The van der Waals surface area contributed by atoms with Crippen molar-refractivity contribution in [2.45, 2.75) is 18.2 Å². The van der Waals surface area contributed by atoms with Gasteiger partial charge in [-0.25, -0.2) is 17.9 Å². The normalized spacial score (nSPS) is 10.9. The third-order valence-electron chi connectivity index (χ3n) is 3.33. The summed E-state index contributed by atoms with van der Waals surface area (Å²) in [5, 5.41) is 9.13. The summed E-state index contributed by atoms with van der Waals surface area (Å²) in [6, 6.07) is 11.3. The number of sulfonamides is 1. The molecule has 0 heterocycles. The van der Waals surface area contributed by atoms with E-state index in [-0.39, 0.29) is 22.4 Å². The molecule has 0 saturated heterocycles. The molecule has 0 aliphatic rings. The molecule has 7 nitrogen and oxygen atoms in total. The minimum atomic E-state index is -3.94. The number of carboxylic acid groups (broad SMARTS) is 1. The zero-order chi connectivity index (χ0) is 18.6. The molecule has 2 aromatic rings. The molecule has 0 aliphatic carbocycles. The van der Waals surface area contributed by atoms with Gasteiger partial charge in [0.15, 0.2) is 5.78 Å². The molecule has 0 aliphatic heterocycles. The number of benzene rings is 2. The summed E-state index contributed by atoms with van der Waals surface area (Å²) in [6.45, 7) is 1.09. The topological polar surface area (TPSA) is 118 Å². The Morgan fingerprint density at radius 1 is 0.960 bits per heavy atom. The molecule has 2 N–H and O–H groups in total. The summed E-state index contributed by atoms with van der Waals surface area (Å²) < 4.78 is 25.5. The number of aromatic carboxylic acids is 1. The second-order valence-electron chi connectivity index (χ2n) is 5.26. The van der Waals surface area contributed by atoms with Crippen LogP contribution in [-0.4, -0.2) is 31.2 Å².